The van der Waals surface area contributed by atoms with Crippen molar-refractivity contribution >= 4 is 40.6 Å². The molecule has 0 unspecified atom stereocenters. The molecule has 0 saturated heterocycles. The number of rotatable bonds is 8. The zero-order chi connectivity index (χ0) is 31.6. The summed E-state index contributed by atoms with van der Waals surface area (Å²) in [6.07, 6.45) is 2.03. The van der Waals surface area contributed by atoms with Gasteiger partial charge in [-0.2, -0.15) is 18.3 Å². The molecule has 7 nitrogen and oxygen atoms in total. The highest BCUT2D eigenvalue weighted by atomic mass is 32.2. The highest BCUT2D eigenvalue weighted by Gasteiger charge is 2.29. The first-order valence-electron chi connectivity index (χ1n) is 13.7. The van der Waals surface area contributed by atoms with Crippen LogP contribution in [0.15, 0.2) is 23.4 Å². The first-order chi connectivity index (χ1) is 19.2. The van der Waals surface area contributed by atoms with Crippen molar-refractivity contribution in [3.05, 3.63) is 23.7 Å². The van der Waals surface area contributed by atoms with Crippen LogP contribution in [0.2, 0.25) is 0 Å². The van der Waals surface area contributed by atoms with Crippen LogP contribution in [0.3, 0.4) is 0 Å². The van der Waals surface area contributed by atoms with E-state index in [1.807, 2.05) is 27.6 Å². The summed E-state index contributed by atoms with van der Waals surface area (Å²) in [5.74, 6) is 1.82. The van der Waals surface area contributed by atoms with Gasteiger partial charge in [0, 0.05) is 30.1 Å². The van der Waals surface area contributed by atoms with Crippen molar-refractivity contribution in [2.75, 3.05) is 39.0 Å². The number of nitrogens with zero attached hydrogens (tertiary/aromatic N) is 4. The van der Waals surface area contributed by atoms with Crippen molar-refractivity contribution in [1.29, 1.82) is 0 Å². The second-order valence-corrected chi connectivity index (χ2v) is 10.2. The van der Waals surface area contributed by atoms with Gasteiger partial charge in [-0.3, -0.25) is 0 Å². The summed E-state index contributed by atoms with van der Waals surface area (Å²) in [5, 5.41) is 9.19. The van der Waals surface area contributed by atoms with Crippen molar-refractivity contribution in [3.63, 3.8) is 0 Å². The van der Waals surface area contributed by atoms with Gasteiger partial charge in [0.25, 0.3) is 5.19 Å². The Kier molecular flexibility index (Phi) is 29.3. The topological polar surface area (TPSA) is 93.2 Å². The summed E-state index contributed by atoms with van der Waals surface area (Å²) in [6.45, 7) is 22.3. The van der Waals surface area contributed by atoms with Crippen LogP contribution in [0.25, 0.3) is 0 Å². The Labute approximate surface area is 248 Å². The predicted octanol–water partition coefficient (Wildman–Crippen LogP) is 7.45. The Morgan fingerprint density at radius 2 is 1.62 bits per heavy atom. The highest BCUT2D eigenvalue weighted by Crippen LogP contribution is 2.29. The number of fused-ring (bicyclic) bond motifs is 1. The number of carbonyl (C=O) groups excluding carboxylic acids is 1. The van der Waals surface area contributed by atoms with E-state index in [-0.39, 0.29) is 5.19 Å². The maximum Gasteiger partial charge on any atom is 0.422 e. The number of aromatic nitrogens is 1. The minimum Gasteiger partial charge on any atom is -0.460 e. The number of hydrogen-bond donors (Lipinski definition) is 1. The van der Waals surface area contributed by atoms with Crippen molar-refractivity contribution in [1.82, 2.24) is 9.88 Å². The maximum atomic E-state index is 12.2. The molecule has 0 fully saturated rings. The van der Waals surface area contributed by atoms with Crippen molar-refractivity contribution in [2.24, 2.45) is 21.9 Å². The average Bonchev–Trinajstić information content (AvgIpc) is 3.30. The SMILES string of the molecule is C=C.C=O.CC.CCC(CC)CCN1CCc2nc(OCC(F)(F)F)sc2CC1.CCC1=NN=C(C)SC1.CN. The van der Waals surface area contributed by atoms with Crippen LogP contribution in [0.5, 0.6) is 5.19 Å². The lowest BCUT2D eigenvalue weighted by Crippen LogP contribution is -2.28. The average molecular weight is 612 g/mol. The molecule has 3 rings (SSSR count). The van der Waals surface area contributed by atoms with Gasteiger partial charge in [-0.05, 0) is 45.7 Å². The van der Waals surface area contributed by atoms with Gasteiger partial charge in [0.1, 0.15) is 6.79 Å². The normalized spacial score (nSPS) is 14.2. The van der Waals surface area contributed by atoms with E-state index in [0.717, 1.165) is 66.2 Å². The van der Waals surface area contributed by atoms with E-state index in [4.69, 9.17) is 9.53 Å². The molecule has 12 heteroatoms. The smallest absolute Gasteiger partial charge is 0.422 e. The van der Waals surface area contributed by atoms with E-state index in [9.17, 15) is 13.2 Å². The third-order valence-corrected chi connectivity index (χ3v) is 7.68. The van der Waals surface area contributed by atoms with Gasteiger partial charge >= 0.3 is 6.18 Å². The Bertz CT molecular complexity index is 774. The quantitative estimate of drug-likeness (QED) is 0.307. The van der Waals surface area contributed by atoms with Gasteiger partial charge in [0.15, 0.2) is 6.61 Å². The molecule has 1 aromatic rings. The summed E-state index contributed by atoms with van der Waals surface area (Å²) < 4.78 is 41.4. The van der Waals surface area contributed by atoms with Crippen LogP contribution >= 0.6 is 23.1 Å². The molecule has 0 radical (unpaired) electrons. The monoisotopic (exact) mass is 611 g/mol. The van der Waals surface area contributed by atoms with E-state index in [1.54, 1.807) is 11.8 Å². The fourth-order valence-electron chi connectivity index (χ4n) is 3.44. The molecule has 0 atom stereocenters. The summed E-state index contributed by atoms with van der Waals surface area (Å²) in [6, 6.07) is 0. The number of alkyl halides is 3. The number of hydrogen-bond acceptors (Lipinski definition) is 9. The van der Waals surface area contributed by atoms with Crippen molar-refractivity contribution in [3.8, 4) is 5.19 Å². The minimum atomic E-state index is -4.31. The lowest BCUT2D eigenvalue weighted by molar-refractivity contribution is -0.153. The molecular formula is C28H52F3N5O2S2. The van der Waals surface area contributed by atoms with E-state index in [2.05, 4.69) is 59.7 Å². The maximum absolute atomic E-state index is 12.2. The first kappa shape index (κ1) is 42.7. The van der Waals surface area contributed by atoms with Gasteiger partial charge in [-0.25, -0.2) is 4.98 Å². The molecule has 40 heavy (non-hydrogen) atoms. The minimum absolute atomic E-state index is 0.151. The van der Waals surface area contributed by atoms with Gasteiger partial charge in [0.05, 0.1) is 16.4 Å². The van der Waals surface area contributed by atoms with Crippen molar-refractivity contribution < 1.29 is 22.7 Å². The summed E-state index contributed by atoms with van der Waals surface area (Å²) in [4.78, 5) is 15.8. The van der Waals surface area contributed by atoms with Crippen LogP contribution < -0.4 is 10.5 Å². The second kappa shape index (κ2) is 27.4. The highest BCUT2D eigenvalue weighted by molar-refractivity contribution is 8.14. The summed E-state index contributed by atoms with van der Waals surface area (Å²) in [7, 11) is 1.50. The summed E-state index contributed by atoms with van der Waals surface area (Å²) in [5.41, 5.74) is 6.61. The molecule has 0 aromatic carbocycles. The van der Waals surface area contributed by atoms with E-state index in [1.165, 1.54) is 43.4 Å². The van der Waals surface area contributed by atoms with E-state index < -0.39 is 12.8 Å². The molecule has 2 N–H and O–H groups in total. The van der Waals surface area contributed by atoms with Gasteiger partial charge in [-0.15, -0.1) is 30.0 Å². The second-order valence-electron chi connectivity index (χ2n) is 7.99. The standard InChI is InChI=1S/C16H25F3N2OS.C6H10N2S.C2H6.C2H4.CH5N.CH2O/c1-3-12(4-2)5-8-21-9-6-13-14(7-10-21)23-15(20-13)22-11-16(17,18)19;1-3-6-4-9-5(2)7-8-6;4*1-2/h12H,3-11H2,1-2H3;3-4H2,1-2H3;1-2H3;1-2H2;2H2,1H3;1H2. The Balaban J connectivity index is -0.000000669. The number of ether oxygens (including phenoxy) is 1. The molecule has 2 aliphatic heterocycles. The molecule has 0 spiro atoms. The van der Waals surface area contributed by atoms with E-state index >= 15 is 0 Å². The molecule has 234 valence electrons. The lowest BCUT2D eigenvalue weighted by Gasteiger charge is -2.22. The Morgan fingerprint density at radius 1 is 1.05 bits per heavy atom. The molecular weight excluding hydrogens is 559 g/mol. The number of carbonyl (C=O) groups is 1. The van der Waals surface area contributed by atoms with Crippen LogP contribution in [-0.2, 0) is 17.6 Å². The Morgan fingerprint density at radius 3 is 2.10 bits per heavy atom. The zero-order valence-corrected chi connectivity index (χ0v) is 27.2. The third-order valence-electron chi connectivity index (χ3n) is 5.63. The number of nitrogens with two attached hydrogens (primary N) is 1. The van der Waals surface area contributed by atoms with Gasteiger partial charge < -0.3 is 20.2 Å². The molecule has 2 aliphatic rings. The predicted molar refractivity (Wildman–Crippen MR) is 169 cm³/mol. The first-order valence-corrected chi connectivity index (χ1v) is 15.5. The fraction of sp³-hybridized carbons (Fsp3) is 0.714. The van der Waals surface area contributed by atoms with Crippen LogP contribution in [-0.4, -0.2) is 72.6 Å². The van der Waals surface area contributed by atoms with Crippen LogP contribution in [0.4, 0.5) is 13.2 Å². The molecule has 3 heterocycles. The largest absolute Gasteiger partial charge is 0.460 e. The lowest BCUT2D eigenvalue weighted by atomic mass is 9.99. The van der Waals surface area contributed by atoms with Crippen LogP contribution in [0, 0.1) is 5.92 Å². The fourth-order valence-corrected chi connectivity index (χ4v) is 5.12. The molecule has 0 aliphatic carbocycles. The zero-order valence-electron chi connectivity index (χ0n) is 25.6. The van der Waals surface area contributed by atoms with Gasteiger partial charge in [0.2, 0.25) is 0 Å². The van der Waals surface area contributed by atoms with Gasteiger partial charge in [-0.1, -0.05) is 58.8 Å². The Hall–Kier alpha value is -1.76. The van der Waals surface area contributed by atoms with Crippen molar-refractivity contribution in [2.45, 2.75) is 86.2 Å². The molecule has 1 aromatic heterocycles. The van der Waals surface area contributed by atoms with E-state index in [0.29, 0.717) is 0 Å². The number of halogens is 3. The third kappa shape index (κ3) is 20.2. The molecule has 0 bridgehead atoms. The number of thioether (sulfide) groups is 1. The number of thiazole rings is 1. The molecule has 0 saturated carbocycles. The van der Waals surface area contributed by atoms with Crippen LogP contribution in [0.1, 0.15) is 77.8 Å². The molecule has 0 amide bonds. The summed E-state index contributed by atoms with van der Waals surface area (Å²) >= 11 is 3.03.